The van der Waals surface area contributed by atoms with E-state index in [0.717, 1.165) is 23.7 Å². The van der Waals surface area contributed by atoms with E-state index >= 15 is 0 Å². The molecule has 0 fully saturated rings. The first kappa shape index (κ1) is 19.8. The summed E-state index contributed by atoms with van der Waals surface area (Å²) in [5.41, 5.74) is 3.54. The molecule has 5 heteroatoms. The van der Waals surface area contributed by atoms with Crippen molar-refractivity contribution in [3.05, 3.63) is 92.7 Å². The number of rotatable bonds is 6. The largest absolute Gasteiger partial charge is 0.298 e. The third-order valence-corrected chi connectivity index (χ3v) is 8.59. The highest BCUT2D eigenvalue weighted by Crippen LogP contribution is 2.44. The Kier molecular flexibility index (Phi) is 5.47. The van der Waals surface area contributed by atoms with Crippen molar-refractivity contribution in [1.29, 1.82) is 0 Å². The Hall–Kier alpha value is -3.12. The summed E-state index contributed by atoms with van der Waals surface area (Å²) in [6.07, 6.45) is 10.2. The first-order valence-corrected chi connectivity index (χ1v) is 12.1. The number of fused-ring (bicyclic) bond motifs is 3. The first-order valence-electron chi connectivity index (χ1n) is 9.64. The average molecular weight is 457 g/mol. The Morgan fingerprint density at radius 2 is 0.871 bits per heavy atom. The van der Waals surface area contributed by atoms with Crippen LogP contribution >= 0.6 is 34.0 Å². The van der Waals surface area contributed by atoms with Crippen LogP contribution in [0.15, 0.2) is 60.7 Å². The van der Waals surface area contributed by atoms with Crippen molar-refractivity contribution in [2.75, 3.05) is 0 Å². The van der Waals surface area contributed by atoms with Gasteiger partial charge >= 0.3 is 0 Å². The fourth-order valence-corrected chi connectivity index (χ4v) is 7.11. The molecule has 2 nitrogen and oxygen atoms in total. The van der Waals surface area contributed by atoms with Crippen LogP contribution in [0.5, 0.6) is 0 Å². The van der Waals surface area contributed by atoms with Crippen molar-refractivity contribution in [2.45, 2.75) is 0 Å². The third-order valence-electron chi connectivity index (χ3n) is 4.89. The van der Waals surface area contributed by atoms with E-state index in [4.69, 9.17) is 0 Å². The highest BCUT2D eigenvalue weighted by molar-refractivity contribution is 7.38. The molecule has 0 saturated carbocycles. The van der Waals surface area contributed by atoms with Gasteiger partial charge in [0.15, 0.2) is 0 Å². The molecule has 3 heterocycles. The molecule has 0 saturated heterocycles. The Labute approximate surface area is 191 Å². The molecule has 3 aromatic heterocycles. The van der Waals surface area contributed by atoms with Crippen molar-refractivity contribution < 1.29 is 9.59 Å². The Morgan fingerprint density at radius 1 is 0.484 bits per heavy atom. The van der Waals surface area contributed by atoms with E-state index in [2.05, 4.69) is 36.4 Å². The number of thiophene rings is 3. The van der Waals surface area contributed by atoms with Crippen LogP contribution in [0.25, 0.3) is 43.1 Å². The molecule has 0 aliphatic carbocycles. The summed E-state index contributed by atoms with van der Waals surface area (Å²) in [6, 6.07) is 19.7. The summed E-state index contributed by atoms with van der Waals surface area (Å²) >= 11 is 5.46. The maximum atomic E-state index is 10.8. The maximum absolute atomic E-state index is 10.8. The van der Waals surface area contributed by atoms with E-state index in [1.54, 1.807) is 0 Å². The molecular formula is C26H16O2S3. The quantitative estimate of drug-likeness (QED) is 0.242. The van der Waals surface area contributed by atoms with Gasteiger partial charge in [0, 0.05) is 30.3 Å². The molecule has 0 amide bonds. The monoisotopic (exact) mass is 456 g/mol. The molecule has 0 spiro atoms. The van der Waals surface area contributed by atoms with Gasteiger partial charge in [-0.1, -0.05) is 60.7 Å². The minimum atomic E-state index is 0.691. The van der Waals surface area contributed by atoms with Gasteiger partial charge in [-0.05, 0) is 35.4 Å². The zero-order valence-electron chi connectivity index (χ0n) is 16.3. The first-order chi connectivity index (χ1) is 15.2. The van der Waals surface area contributed by atoms with Crippen molar-refractivity contribution in [2.24, 2.45) is 0 Å². The van der Waals surface area contributed by atoms with Crippen LogP contribution in [0.3, 0.4) is 0 Å². The summed E-state index contributed by atoms with van der Waals surface area (Å²) in [4.78, 5) is 24.0. The number of aldehydes is 2. The molecule has 0 aliphatic rings. The predicted molar refractivity (Wildman–Crippen MR) is 137 cm³/mol. The minimum Gasteiger partial charge on any atom is -0.298 e. The van der Waals surface area contributed by atoms with Gasteiger partial charge < -0.3 is 0 Å². The van der Waals surface area contributed by atoms with Crippen molar-refractivity contribution in [3.8, 4) is 0 Å². The molecule has 150 valence electrons. The topological polar surface area (TPSA) is 34.1 Å². The second-order valence-corrected chi connectivity index (χ2v) is 10.3. The van der Waals surface area contributed by atoms with Crippen LogP contribution < -0.4 is 0 Å². The number of benzene rings is 2. The lowest BCUT2D eigenvalue weighted by Gasteiger charge is -1.93. The van der Waals surface area contributed by atoms with Crippen LogP contribution in [0.4, 0.5) is 0 Å². The maximum Gasteiger partial charge on any atom is 0.150 e. The summed E-state index contributed by atoms with van der Waals surface area (Å²) in [5.74, 6) is 0. The zero-order valence-corrected chi connectivity index (χ0v) is 18.7. The molecule has 5 rings (SSSR count). The fourth-order valence-electron chi connectivity index (χ4n) is 3.26. The minimum absolute atomic E-state index is 0.691. The van der Waals surface area contributed by atoms with Gasteiger partial charge in [0.1, 0.15) is 12.6 Å². The van der Waals surface area contributed by atoms with Gasteiger partial charge in [0.25, 0.3) is 0 Å². The molecule has 0 bridgehead atoms. The fraction of sp³-hybridized carbons (Fsp3) is 0. The van der Waals surface area contributed by atoms with Gasteiger partial charge in [0.05, 0.1) is 9.40 Å². The van der Waals surface area contributed by atoms with Gasteiger partial charge in [-0.2, -0.15) is 0 Å². The SMILES string of the molecule is O=Cc1ccc(/C=C/c2cc3sc4cc(/C=C/c5ccc(C=O)cc5)sc4c3s2)cc1. The second kappa shape index (κ2) is 8.55. The Morgan fingerprint density at radius 3 is 1.26 bits per heavy atom. The third kappa shape index (κ3) is 4.21. The molecule has 5 aromatic rings. The van der Waals surface area contributed by atoms with Gasteiger partial charge in [0.2, 0.25) is 0 Å². The lowest BCUT2D eigenvalue weighted by Crippen LogP contribution is -1.78. The number of carbonyl (C=O) groups excluding carboxylic acids is 2. The molecule has 0 N–H and O–H groups in total. The zero-order chi connectivity index (χ0) is 21.2. The Bertz CT molecular complexity index is 1330. The molecular weight excluding hydrogens is 440 g/mol. The van der Waals surface area contributed by atoms with Crippen molar-refractivity contribution >= 4 is 89.7 Å². The molecule has 2 aromatic carbocycles. The summed E-state index contributed by atoms with van der Waals surface area (Å²) in [7, 11) is 0. The van der Waals surface area contributed by atoms with Crippen molar-refractivity contribution in [3.63, 3.8) is 0 Å². The van der Waals surface area contributed by atoms with Crippen LogP contribution in [0, 0.1) is 0 Å². The number of hydrogen-bond donors (Lipinski definition) is 0. The number of hydrogen-bond acceptors (Lipinski definition) is 5. The second-order valence-electron chi connectivity index (χ2n) is 7.02. The van der Waals surface area contributed by atoms with E-state index < -0.39 is 0 Å². The molecule has 0 atom stereocenters. The van der Waals surface area contributed by atoms with Crippen molar-refractivity contribution in [1.82, 2.24) is 0 Å². The van der Waals surface area contributed by atoms with E-state index in [9.17, 15) is 9.59 Å². The molecule has 0 radical (unpaired) electrons. The average Bonchev–Trinajstić information content (AvgIpc) is 3.47. The van der Waals surface area contributed by atoms with E-state index in [-0.39, 0.29) is 0 Å². The van der Waals surface area contributed by atoms with E-state index in [1.165, 1.54) is 28.6 Å². The van der Waals surface area contributed by atoms with Crippen LogP contribution in [0.1, 0.15) is 41.6 Å². The summed E-state index contributed by atoms with van der Waals surface area (Å²) in [6.45, 7) is 0. The van der Waals surface area contributed by atoms with Gasteiger partial charge in [-0.3, -0.25) is 9.59 Å². The highest BCUT2D eigenvalue weighted by atomic mass is 32.1. The van der Waals surface area contributed by atoms with Crippen LogP contribution in [-0.2, 0) is 0 Å². The van der Waals surface area contributed by atoms with E-state index in [1.807, 2.05) is 82.5 Å². The highest BCUT2D eigenvalue weighted by Gasteiger charge is 2.11. The van der Waals surface area contributed by atoms with Crippen LogP contribution in [0.2, 0.25) is 0 Å². The standard InChI is InChI=1S/C26H16O2S3/c27-15-19-5-1-17(2-6-19)9-11-21-13-23-25(29-21)26-24(31-23)14-22(30-26)12-10-18-3-7-20(16-28)8-4-18/h1-16H/b11-9+,12-10+. The lowest BCUT2D eigenvalue weighted by atomic mass is 10.1. The predicted octanol–water partition coefficient (Wildman–Crippen LogP) is 8.14. The molecule has 31 heavy (non-hydrogen) atoms. The molecule has 0 unspecified atom stereocenters. The summed E-state index contributed by atoms with van der Waals surface area (Å²) < 4.78 is 5.33. The smallest absolute Gasteiger partial charge is 0.150 e. The van der Waals surface area contributed by atoms with E-state index in [0.29, 0.717) is 11.1 Å². The lowest BCUT2D eigenvalue weighted by molar-refractivity contribution is 0.111. The summed E-state index contributed by atoms with van der Waals surface area (Å²) in [5, 5.41) is 0. The Balaban J connectivity index is 1.38. The van der Waals surface area contributed by atoms with Gasteiger partial charge in [-0.15, -0.1) is 34.0 Å². The normalized spacial score (nSPS) is 11.9. The van der Waals surface area contributed by atoms with Gasteiger partial charge in [-0.25, -0.2) is 0 Å². The number of carbonyl (C=O) groups is 2. The molecule has 0 aliphatic heterocycles. The van der Waals surface area contributed by atoms with Crippen LogP contribution in [-0.4, -0.2) is 12.6 Å².